The van der Waals surface area contributed by atoms with E-state index < -0.39 is 11.7 Å². The van der Waals surface area contributed by atoms with E-state index in [4.69, 9.17) is 16.3 Å². The summed E-state index contributed by atoms with van der Waals surface area (Å²) in [5, 5.41) is 3.09. The summed E-state index contributed by atoms with van der Waals surface area (Å²) in [6.45, 7) is 0. The lowest BCUT2D eigenvalue weighted by Gasteiger charge is -2.11. The largest absolute Gasteiger partial charge is 0.496 e. The molecule has 0 aliphatic heterocycles. The van der Waals surface area contributed by atoms with Crippen molar-refractivity contribution < 1.29 is 13.9 Å². The second-order valence-electron chi connectivity index (χ2n) is 3.92. The van der Waals surface area contributed by atoms with Crippen molar-refractivity contribution >= 4 is 39.1 Å². The molecule has 0 bridgehead atoms. The second-order valence-corrected chi connectivity index (χ2v) is 5.21. The van der Waals surface area contributed by atoms with Crippen LogP contribution in [0.1, 0.15) is 10.4 Å². The molecule has 0 spiro atoms. The summed E-state index contributed by atoms with van der Waals surface area (Å²) < 4.78 is 18.6. The molecule has 20 heavy (non-hydrogen) atoms. The molecule has 0 atom stereocenters. The Bertz CT molecular complexity index is 664. The molecule has 104 valence electrons. The van der Waals surface area contributed by atoms with Gasteiger partial charge in [-0.3, -0.25) is 4.79 Å². The van der Waals surface area contributed by atoms with Gasteiger partial charge in [-0.1, -0.05) is 11.6 Å². The summed E-state index contributed by atoms with van der Waals surface area (Å²) in [5.41, 5.74) is 0.759. The van der Waals surface area contributed by atoms with Gasteiger partial charge < -0.3 is 10.1 Å². The molecule has 0 aromatic heterocycles. The second kappa shape index (κ2) is 6.24. The van der Waals surface area contributed by atoms with E-state index in [0.29, 0.717) is 26.5 Å². The molecule has 1 amide bonds. The van der Waals surface area contributed by atoms with Gasteiger partial charge in [0.25, 0.3) is 5.91 Å². The molecule has 0 fully saturated rings. The molecule has 6 heteroatoms. The molecule has 0 saturated carbocycles. The lowest BCUT2D eigenvalue weighted by atomic mass is 10.2. The van der Waals surface area contributed by atoms with E-state index in [2.05, 4.69) is 21.2 Å². The molecule has 2 aromatic rings. The van der Waals surface area contributed by atoms with Gasteiger partial charge in [0.2, 0.25) is 0 Å². The molecular weight excluding hydrogens is 349 g/mol. The number of methoxy groups -OCH3 is 1. The molecule has 2 rings (SSSR count). The van der Waals surface area contributed by atoms with E-state index in [1.54, 1.807) is 12.1 Å². The first-order chi connectivity index (χ1) is 9.51. The normalized spacial score (nSPS) is 10.2. The van der Waals surface area contributed by atoms with Crippen LogP contribution in [0.4, 0.5) is 10.1 Å². The van der Waals surface area contributed by atoms with Gasteiger partial charge in [0.1, 0.15) is 11.6 Å². The van der Waals surface area contributed by atoms with Gasteiger partial charge in [0, 0.05) is 9.50 Å². The third-order valence-corrected chi connectivity index (χ3v) is 3.48. The molecule has 0 saturated heterocycles. The predicted molar refractivity (Wildman–Crippen MR) is 80.1 cm³/mol. The van der Waals surface area contributed by atoms with Crippen LogP contribution < -0.4 is 10.1 Å². The number of anilines is 1. The van der Waals surface area contributed by atoms with Crippen molar-refractivity contribution in [3.8, 4) is 5.75 Å². The standard InChI is InChI=1S/C14H10BrClFNO2/c1-20-13-5-2-8(16)6-10(13)14(19)18-12-4-3-9(17)7-11(12)15/h2-7H,1H3,(H,18,19). The van der Waals surface area contributed by atoms with Gasteiger partial charge in [0.15, 0.2) is 0 Å². The van der Waals surface area contributed by atoms with E-state index in [1.165, 1.54) is 31.4 Å². The van der Waals surface area contributed by atoms with Crippen LogP contribution >= 0.6 is 27.5 Å². The number of nitrogens with one attached hydrogen (secondary N) is 1. The molecule has 1 N–H and O–H groups in total. The number of halogens is 3. The Balaban J connectivity index is 2.30. The van der Waals surface area contributed by atoms with Crippen molar-refractivity contribution in [2.45, 2.75) is 0 Å². The molecule has 0 heterocycles. The van der Waals surface area contributed by atoms with Crippen LogP contribution in [-0.4, -0.2) is 13.0 Å². The smallest absolute Gasteiger partial charge is 0.259 e. The minimum Gasteiger partial charge on any atom is -0.496 e. The summed E-state index contributed by atoms with van der Waals surface area (Å²) in [7, 11) is 1.47. The summed E-state index contributed by atoms with van der Waals surface area (Å²) in [6.07, 6.45) is 0. The Morgan fingerprint density at radius 3 is 2.70 bits per heavy atom. The highest BCUT2D eigenvalue weighted by Gasteiger charge is 2.14. The molecule has 0 aliphatic rings. The highest BCUT2D eigenvalue weighted by Crippen LogP contribution is 2.27. The first-order valence-corrected chi connectivity index (χ1v) is 6.78. The number of carbonyl (C=O) groups excluding carboxylic acids is 1. The molecule has 0 aliphatic carbocycles. The van der Waals surface area contributed by atoms with Crippen LogP contribution in [0, 0.1) is 5.82 Å². The Hall–Kier alpha value is -1.59. The molecular formula is C14H10BrClFNO2. The fraction of sp³-hybridized carbons (Fsp3) is 0.0714. The number of hydrogen-bond acceptors (Lipinski definition) is 2. The minimum atomic E-state index is -0.393. The lowest BCUT2D eigenvalue weighted by molar-refractivity contribution is 0.102. The Morgan fingerprint density at radius 2 is 2.05 bits per heavy atom. The first kappa shape index (κ1) is 14.8. The monoisotopic (exact) mass is 357 g/mol. The quantitative estimate of drug-likeness (QED) is 0.877. The van der Waals surface area contributed by atoms with Gasteiger partial charge in [0.05, 0.1) is 18.4 Å². The summed E-state index contributed by atoms with van der Waals surface area (Å²) in [4.78, 5) is 12.2. The number of benzene rings is 2. The van der Waals surface area contributed by atoms with Crippen molar-refractivity contribution in [2.24, 2.45) is 0 Å². The van der Waals surface area contributed by atoms with Crippen LogP contribution in [0.3, 0.4) is 0 Å². The van der Waals surface area contributed by atoms with Crippen molar-refractivity contribution in [2.75, 3.05) is 12.4 Å². The molecule has 3 nitrogen and oxygen atoms in total. The third-order valence-electron chi connectivity index (χ3n) is 2.59. The Labute approximate surface area is 128 Å². The maximum atomic E-state index is 13.0. The summed E-state index contributed by atoms with van der Waals surface area (Å²) >= 11 is 9.06. The van der Waals surface area contributed by atoms with E-state index in [9.17, 15) is 9.18 Å². The van der Waals surface area contributed by atoms with Crippen LogP contribution in [0.15, 0.2) is 40.9 Å². The van der Waals surface area contributed by atoms with Crippen molar-refractivity contribution in [3.63, 3.8) is 0 Å². The topological polar surface area (TPSA) is 38.3 Å². The zero-order valence-corrected chi connectivity index (χ0v) is 12.8. The Kier molecular flexibility index (Phi) is 4.62. The number of carbonyl (C=O) groups is 1. The van der Waals surface area contributed by atoms with Gasteiger partial charge >= 0.3 is 0 Å². The first-order valence-electron chi connectivity index (χ1n) is 5.61. The van der Waals surface area contributed by atoms with Crippen LogP contribution in [0.5, 0.6) is 5.75 Å². The SMILES string of the molecule is COc1ccc(Cl)cc1C(=O)Nc1ccc(F)cc1Br. The lowest BCUT2D eigenvalue weighted by Crippen LogP contribution is -2.13. The predicted octanol–water partition coefficient (Wildman–Crippen LogP) is 4.50. The zero-order chi connectivity index (χ0) is 14.7. The van der Waals surface area contributed by atoms with Gasteiger partial charge in [-0.2, -0.15) is 0 Å². The fourth-order valence-corrected chi connectivity index (χ4v) is 2.26. The van der Waals surface area contributed by atoms with Crippen LogP contribution in [0.2, 0.25) is 5.02 Å². The average Bonchev–Trinajstić information content (AvgIpc) is 2.41. The van der Waals surface area contributed by atoms with Gasteiger partial charge in [-0.15, -0.1) is 0 Å². The third kappa shape index (κ3) is 3.29. The van der Waals surface area contributed by atoms with Crippen LogP contribution in [0.25, 0.3) is 0 Å². The van der Waals surface area contributed by atoms with Crippen molar-refractivity contribution in [3.05, 3.63) is 57.3 Å². The van der Waals surface area contributed by atoms with Crippen LogP contribution in [-0.2, 0) is 0 Å². The molecule has 0 unspecified atom stereocenters. The number of hydrogen-bond donors (Lipinski definition) is 1. The highest BCUT2D eigenvalue weighted by atomic mass is 79.9. The van der Waals surface area contributed by atoms with Gasteiger partial charge in [-0.25, -0.2) is 4.39 Å². The maximum absolute atomic E-state index is 13.0. The Morgan fingerprint density at radius 1 is 1.30 bits per heavy atom. The summed E-state index contributed by atoms with van der Waals surface area (Å²) in [6, 6.07) is 8.74. The molecule has 0 radical (unpaired) electrons. The highest BCUT2D eigenvalue weighted by molar-refractivity contribution is 9.10. The van der Waals surface area contributed by atoms with Gasteiger partial charge in [-0.05, 0) is 52.3 Å². The van der Waals surface area contributed by atoms with Crippen molar-refractivity contribution in [1.82, 2.24) is 0 Å². The van der Waals surface area contributed by atoms with E-state index in [-0.39, 0.29) is 0 Å². The summed E-state index contributed by atoms with van der Waals surface area (Å²) in [5.74, 6) is -0.378. The maximum Gasteiger partial charge on any atom is 0.259 e. The van der Waals surface area contributed by atoms with E-state index in [0.717, 1.165) is 0 Å². The van der Waals surface area contributed by atoms with Crippen molar-refractivity contribution in [1.29, 1.82) is 0 Å². The average molecular weight is 359 g/mol. The minimum absolute atomic E-state index is 0.302. The van der Waals surface area contributed by atoms with E-state index in [1.807, 2.05) is 0 Å². The fourth-order valence-electron chi connectivity index (χ4n) is 1.64. The zero-order valence-electron chi connectivity index (χ0n) is 10.4. The number of amides is 1. The van der Waals surface area contributed by atoms with E-state index >= 15 is 0 Å². The molecule has 2 aromatic carbocycles. The number of ether oxygens (including phenoxy) is 1. The number of rotatable bonds is 3.